The lowest BCUT2D eigenvalue weighted by atomic mass is 9.93. The lowest BCUT2D eigenvalue weighted by Gasteiger charge is -2.30. The molecule has 1 saturated heterocycles. The van der Waals surface area contributed by atoms with Crippen LogP contribution in [0.4, 0.5) is 5.82 Å². The number of benzene rings is 1. The van der Waals surface area contributed by atoms with Crippen LogP contribution in [-0.4, -0.2) is 59.5 Å². The summed E-state index contributed by atoms with van der Waals surface area (Å²) in [5.41, 5.74) is 3.74. The Kier molecular flexibility index (Phi) is 8.19. The first-order valence-electron chi connectivity index (χ1n) is 13.1. The molecule has 4 aromatic rings. The van der Waals surface area contributed by atoms with Gasteiger partial charge in [-0.2, -0.15) is 0 Å². The zero-order valence-corrected chi connectivity index (χ0v) is 24.2. The molecule has 40 heavy (non-hydrogen) atoms. The maximum atomic E-state index is 11.9. The Morgan fingerprint density at radius 2 is 1.85 bits per heavy atom. The molecule has 0 radical (unpaired) electrons. The number of fused-ring (bicyclic) bond motifs is 3. The van der Waals surface area contributed by atoms with Crippen LogP contribution >= 0.6 is 23.2 Å². The van der Waals surface area contributed by atoms with Crippen LogP contribution in [0, 0.1) is 5.92 Å². The van der Waals surface area contributed by atoms with Crippen LogP contribution in [0.1, 0.15) is 25.0 Å². The average molecular weight is 581 g/mol. The molecule has 1 N–H and O–H groups in total. The molecule has 208 valence electrons. The van der Waals surface area contributed by atoms with Crippen molar-refractivity contribution in [3.05, 3.63) is 65.1 Å². The number of nitrogens with zero attached hydrogens (tertiary/aromatic N) is 4. The van der Waals surface area contributed by atoms with Crippen molar-refractivity contribution in [2.45, 2.75) is 19.3 Å². The monoisotopic (exact) mass is 579 g/mol. The first-order valence-corrected chi connectivity index (χ1v) is 13.8. The quantitative estimate of drug-likeness (QED) is 0.233. The van der Waals surface area contributed by atoms with Gasteiger partial charge in [-0.1, -0.05) is 35.9 Å². The fourth-order valence-electron chi connectivity index (χ4n) is 5.19. The van der Waals surface area contributed by atoms with Gasteiger partial charge in [-0.05, 0) is 43.4 Å². The lowest BCUT2D eigenvalue weighted by Crippen LogP contribution is -2.37. The second-order valence-corrected chi connectivity index (χ2v) is 10.4. The summed E-state index contributed by atoms with van der Waals surface area (Å²) in [6.07, 6.45) is 12.3. The number of piperidine rings is 1. The Balaban J connectivity index is 1.56. The molecule has 8 nitrogen and oxygen atoms in total. The third kappa shape index (κ3) is 5.21. The second-order valence-electron chi connectivity index (χ2n) is 9.69. The van der Waals surface area contributed by atoms with E-state index in [2.05, 4.69) is 23.0 Å². The number of imidazole rings is 1. The molecule has 0 saturated carbocycles. The summed E-state index contributed by atoms with van der Waals surface area (Å²) in [5, 5.41) is 4.74. The molecule has 0 unspecified atom stereocenters. The van der Waals surface area contributed by atoms with Crippen LogP contribution in [-0.2, 0) is 4.79 Å². The Morgan fingerprint density at radius 3 is 2.48 bits per heavy atom. The maximum Gasteiger partial charge on any atom is 0.245 e. The molecule has 1 aliphatic rings. The van der Waals surface area contributed by atoms with Gasteiger partial charge in [-0.25, -0.2) is 9.97 Å². The molecule has 3 aromatic heterocycles. The third-order valence-electron chi connectivity index (χ3n) is 7.39. The van der Waals surface area contributed by atoms with Gasteiger partial charge in [-0.3, -0.25) is 9.20 Å². The fraction of sp³-hybridized carbons (Fsp3) is 0.300. The topological polar surface area (TPSA) is 81.0 Å². The first kappa shape index (κ1) is 27.8. The number of methoxy groups -OCH3 is 2. The molecule has 1 aromatic carbocycles. The fourth-order valence-corrected chi connectivity index (χ4v) is 5.89. The van der Waals surface area contributed by atoms with E-state index in [1.807, 2.05) is 47.0 Å². The predicted octanol–water partition coefficient (Wildman–Crippen LogP) is 6.74. The van der Waals surface area contributed by atoms with Crippen molar-refractivity contribution in [2.75, 3.05) is 39.7 Å². The van der Waals surface area contributed by atoms with Crippen LogP contribution in [0.25, 0.3) is 33.8 Å². The summed E-state index contributed by atoms with van der Waals surface area (Å²) in [4.78, 5) is 23.2. The largest absolute Gasteiger partial charge is 0.495 e. The van der Waals surface area contributed by atoms with Crippen LogP contribution < -0.4 is 14.8 Å². The number of carbonyl (C=O) groups is 1. The number of allylic oxidation sites excluding steroid dienone is 1. The average Bonchev–Trinajstić information content (AvgIpc) is 3.41. The second kappa shape index (κ2) is 11.8. The Morgan fingerprint density at radius 1 is 1.15 bits per heavy atom. The number of anilines is 1. The number of hydrogen-bond donors (Lipinski definition) is 1. The summed E-state index contributed by atoms with van der Waals surface area (Å²) in [7, 11) is 4.94. The highest BCUT2D eigenvalue weighted by Crippen LogP contribution is 2.47. The summed E-state index contributed by atoms with van der Waals surface area (Å²) >= 11 is 13.6. The van der Waals surface area contributed by atoms with Gasteiger partial charge in [0, 0.05) is 61.2 Å². The zero-order chi connectivity index (χ0) is 28.4. The van der Waals surface area contributed by atoms with Gasteiger partial charge in [0.15, 0.2) is 0 Å². The van der Waals surface area contributed by atoms with E-state index in [-0.39, 0.29) is 5.91 Å². The predicted molar refractivity (Wildman–Crippen MR) is 162 cm³/mol. The number of halogens is 2. The minimum atomic E-state index is 0.00668. The first-order chi connectivity index (χ1) is 19.4. The number of aromatic nitrogens is 3. The number of likely N-dealkylation sites (tertiary alicyclic amines) is 1. The van der Waals surface area contributed by atoms with Gasteiger partial charge in [0.25, 0.3) is 0 Å². The molecule has 1 aliphatic heterocycles. The van der Waals surface area contributed by atoms with E-state index in [4.69, 9.17) is 37.7 Å². The van der Waals surface area contributed by atoms with Crippen molar-refractivity contribution >= 4 is 57.6 Å². The van der Waals surface area contributed by atoms with Gasteiger partial charge in [0.2, 0.25) is 5.91 Å². The summed E-state index contributed by atoms with van der Waals surface area (Å²) in [5.74, 6) is 2.17. The standard InChI is InChI=1S/C30H31Cl2N5O3/c1-5-26(38)36-11-9-18(10-12-36)7-6-8-20-17-37-22-14-25(33-2)34-16-19(22)13-21(30(37)35-20)27-28(31)23(39-3)15-24(40-4)29(27)32/h5-6,8,13-18H,1,7,9-12H2,2-4H3,(H,33,34)/b8-6+. The number of pyridine rings is 2. The highest BCUT2D eigenvalue weighted by molar-refractivity contribution is 6.41. The molecule has 1 fully saturated rings. The van der Waals surface area contributed by atoms with Crippen LogP contribution in [0.5, 0.6) is 11.5 Å². The third-order valence-corrected chi connectivity index (χ3v) is 8.15. The number of hydrogen-bond acceptors (Lipinski definition) is 6. The van der Waals surface area contributed by atoms with E-state index >= 15 is 0 Å². The van der Waals surface area contributed by atoms with Gasteiger partial charge >= 0.3 is 0 Å². The Labute approximate surface area is 243 Å². The molecule has 0 bridgehead atoms. The molecule has 10 heteroatoms. The number of carbonyl (C=O) groups excluding carboxylic acids is 1. The van der Waals surface area contributed by atoms with E-state index < -0.39 is 0 Å². The van der Waals surface area contributed by atoms with Crippen molar-refractivity contribution < 1.29 is 14.3 Å². The number of amides is 1. The van der Waals surface area contributed by atoms with Crippen LogP contribution in [0.2, 0.25) is 10.0 Å². The lowest BCUT2D eigenvalue weighted by molar-refractivity contribution is -0.127. The molecule has 5 rings (SSSR count). The van der Waals surface area contributed by atoms with E-state index in [1.165, 1.54) is 6.08 Å². The van der Waals surface area contributed by atoms with E-state index in [0.717, 1.165) is 60.3 Å². The SMILES string of the molecule is C=CC(=O)N1CCC(C/C=C/c2cn3c(n2)c(-c2c(Cl)c(OC)cc(OC)c2Cl)cc2cnc(NC)cc23)CC1. The van der Waals surface area contributed by atoms with Crippen molar-refractivity contribution in [2.24, 2.45) is 5.92 Å². The smallest absolute Gasteiger partial charge is 0.245 e. The van der Waals surface area contributed by atoms with Gasteiger partial charge in [0.05, 0.1) is 35.5 Å². The summed E-state index contributed by atoms with van der Waals surface area (Å²) in [6, 6.07) is 5.64. The Hall–Kier alpha value is -3.75. The van der Waals surface area contributed by atoms with E-state index in [1.54, 1.807) is 20.3 Å². The highest BCUT2D eigenvalue weighted by Gasteiger charge is 2.23. The number of rotatable bonds is 8. The van der Waals surface area contributed by atoms with Crippen molar-refractivity contribution in [3.8, 4) is 22.6 Å². The molecular formula is C30H31Cl2N5O3. The molecule has 1 amide bonds. The normalized spacial score (nSPS) is 14.3. The molecule has 0 spiro atoms. The van der Waals surface area contributed by atoms with Crippen molar-refractivity contribution in [3.63, 3.8) is 0 Å². The van der Waals surface area contributed by atoms with E-state index in [9.17, 15) is 4.79 Å². The minimum absolute atomic E-state index is 0.00668. The van der Waals surface area contributed by atoms with Crippen molar-refractivity contribution in [1.29, 1.82) is 0 Å². The molecule has 0 aliphatic carbocycles. The molecule has 0 atom stereocenters. The highest BCUT2D eigenvalue weighted by atomic mass is 35.5. The molecular weight excluding hydrogens is 549 g/mol. The van der Waals surface area contributed by atoms with Crippen LogP contribution in [0.15, 0.2) is 49.3 Å². The number of ether oxygens (including phenoxy) is 2. The van der Waals surface area contributed by atoms with Crippen molar-refractivity contribution in [1.82, 2.24) is 19.3 Å². The summed E-state index contributed by atoms with van der Waals surface area (Å²) in [6.45, 7) is 5.12. The molecule has 4 heterocycles. The van der Waals surface area contributed by atoms with E-state index in [0.29, 0.717) is 38.7 Å². The van der Waals surface area contributed by atoms with Gasteiger partial charge in [-0.15, -0.1) is 0 Å². The van der Waals surface area contributed by atoms with Gasteiger partial charge in [0.1, 0.15) is 23.0 Å². The number of nitrogens with one attached hydrogen (secondary N) is 1. The zero-order valence-electron chi connectivity index (χ0n) is 22.7. The van der Waals surface area contributed by atoms with Gasteiger partial charge < -0.3 is 19.7 Å². The minimum Gasteiger partial charge on any atom is -0.495 e. The summed E-state index contributed by atoms with van der Waals surface area (Å²) < 4.78 is 13.1. The Bertz CT molecular complexity index is 1600. The van der Waals surface area contributed by atoms with Crippen LogP contribution in [0.3, 0.4) is 0 Å². The maximum absolute atomic E-state index is 11.9.